The summed E-state index contributed by atoms with van der Waals surface area (Å²) in [6, 6.07) is 0. The van der Waals surface area contributed by atoms with E-state index in [0.29, 0.717) is 19.3 Å². The number of hydrogen-bond acceptors (Lipinski definition) is 6. The molecule has 0 saturated heterocycles. The van der Waals surface area contributed by atoms with Gasteiger partial charge in [-0.25, -0.2) is 0 Å². The zero-order valence-corrected chi connectivity index (χ0v) is 36.0. The van der Waals surface area contributed by atoms with Crippen LogP contribution in [0, 0.1) is 5.92 Å². The molecule has 0 aliphatic rings. The summed E-state index contributed by atoms with van der Waals surface area (Å²) in [4.78, 5) is 37.7. The van der Waals surface area contributed by atoms with Crippen molar-refractivity contribution in [2.45, 2.75) is 265 Å². The monoisotopic (exact) mass is 751 g/mol. The molecule has 0 aromatic heterocycles. The highest BCUT2D eigenvalue weighted by molar-refractivity contribution is 5.71. The average Bonchev–Trinajstić information content (AvgIpc) is 3.14. The van der Waals surface area contributed by atoms with Gasteiger partial charge in [0.25, 0.3) is 0 Å². The maximum atomic E-state index is 12.7. The Morgan fingerprint density at radius 2 is 0.623 bits per heavy atom. The maximum Gasteiger partial charge on any atom is 0.306 e. The van der Waals surface area contributed by atoms with Gasteiger partial charge in [0, 0.05) is 19.3 Å². The van der Waals surface area contributed by atoms with Gasteiger partial charge in [-0.2, -0.15) is 0 Å². The molecule has 6 heteroatoms. The largest absolute Gasteiger partial charge is 0.462 e. The van der Waals surface area contributed by atoms with Crippen molar-refractivity contribution in [1.29, 1.82) is 0 Å². The van der Waals surface area contributed by atoms with Gasteiger partial charge in [-0.05, 0) is 25.2 Å². The van der Waals surface area contributed by atoms with Crippen LogP contribution in [0.1, 0.15) is 259 Å². The second-order valence-corrected chi connectivity index (χ2v) is 16.5. The van der Waals surface area contributed by atoms with Crippen LogP contribution < -0.4 is 0 Å². The molecule has 314 valence electrons. The molecule has 0 aromatic carbocycles. The van der Waals surface area contributed by atoms with Gasteiger partial charge in [0.2, 0.25) is 0 Å². The summed E-state index contributed by atoms with van der Waals surface area (Å²) < 4.78 is 16.7. The lowest BCUT2D eigenvalue weighted by Gasteiger charge is -2.18. The van der Waals surface area contributed by atoms with Gasteiger partial charge in [0.1, 0.15) is 13.2 Å². The lowest BCUT2D eigenvalue weighted by Crippen LogP contribution is -2.30. The summed E-state index contributed by atoms with van der Waals surface area (Å²) in [7, 11) is 0. The molecule has 1 atom stereocenters. The molecule has 6 nitrogen and oxygen atoms in total. The fraction of sp³-hybridized carbons (Fsp3) is 0.936. The third-order valence-electron chi connectivity index (χ3n) is 10.5. The van der Waals surface area contributed by atoms with Gasteiger partial charge < -0.3 is 14.2 Å². The van der Waals surface area contributed by atoms with E-state index in [-0.39, 0.29) is 31.1 Å². The van der Waals surface area contributed by atoms with E-state index in [1.807, 2.05) is 0 Å². The normalized spacial score (nSPS) is 11.9. The van der Waals surface area contributed by atoms with Crippen molar-refractivity contribution in [1.82, 2.24) is 0 Å². The van der Waals surface area contributed by atoms with Gasteiger partial charge >= 0.3 is 17.9 Å². The van der Waals surface area contributed by atoms with Crippen LogP contribution in [0.2, 0.25) is 0 Å². The summed E-state index contributed by atoms with van der Waals surface area (Å²) in [5.41, 5.74) is 0. The number of unbranched alkanes of at least 4 members (excludes halogenated alkanes) is 29. The molecule has 0 bridgehead atoms. The molecule has 53 heavy (non-hydrogen) atoms. The van der Waals surface area contributed by atoms with Crippen LogP contribution in [-0.2, 0) is 28.6 Å². The first kappa shape index (κ1) is 51.4. The SMILES string of the molecule is CCCCCCCCCCCCCCCC(=O)OC[C@H](COC(=O)CCCCCCCCCCCC(C)C)OC(=O)CCCCCCCCCCCC. The summed E-state index contributed by atoms with van der Waals surface area (Å²) >= 11 is 0. The summed E-state index contributed by atoms with van der Waals surface area (Å²) in [5, 5.41) is 0. The van der Waals surface area contributed by atoms with E-state index in [9.17, 15) is 14.4 Å². The molecule has 0 fully saturated rings. The minimum absolute atomic E-state index is 0.0637. The van der Waals surface area contributed by atoms with Crippen molar-refractivity contribution >= 4 is 17.9 Å². The third kappa shape index (κ3) is 41.4. The van der Waals surface area contributed by atoms with Gasteiger partial charge in [-0.1, -0.05) is 220 Å². The van der Waals surface area contributed by atoms with E-state index in [4.69, 9.17) is 14.2 Å². The van der Waals surface area contributed by atoms with E-state index in [0.717, 1.165) is 63.7 Å². The zero-order valence-electron chi connectivity index (χ0n) is 36.0. The minimum atomic E-state index is -0.759. The molecule has 0 aliphatic heterocycles. The van der Waals surface area contributed by atoms with Crippen molar-refractivity contribution < 1.29 is 28.6 Å². The smallest absolute Gasteiger partial charge is 0.306 e. The van der Waals surface area contributed by atoms with Crippen molar-refractivity contribution in [3.8, 4) is 0 Å². The number of rotatable bonds is 42. The minimum Gasteiger partial charge on any atom is -0.462 e. The van der Waals surface area contributed by atoms with Crippen LogP contribution in [0.4, 0.5) is 0 Å². The first-order valence-corrected chi connectivity index (χ1v) is 23.4. The van der Waals surface area contributed by atoms with Gasteiger partial charge in [0.05, 0.1) is 0 Å². The van der Waals surface area contributed by atoms with Crippen LogP contribution in [0.15, 0.2) is 0 Å². The fourth-order valence-electron chi connectivity index (χ4n) is 6.98. The molecule has 0 saturated carbocycles. The predicted molar refractivity (Wildman–Crippen MR) is 224 cm³/mol. The Morgan fingerprint density at radius 3 is 0.925 bits per heavy atom. The second-order valence-electron chi connectivity index (χ2n) is 16.5. The number of esters is 3. The van der Waals surface area contributed by atoms with Gasteiger partial charge in [-0.15, -0.1) is 0 Å². The molecule has 0 spiro atoms. The summed E-state index contributed by atoms with van der Waals surface area (Å²) in [5.74, 6) is -0.0454. The molecule has 0 radical (unpaired) electrons. The molecule has 0 amide bonds. The van der Waals surface area contributed by atoms with Gasteiger partial charge in [-0.3, -0.25) is 14.4 Å². The molecule has 0 rings (SSSR count). The first-order valence-electron chi connectivity index (χ1n) is 23.4. The first-order chi connectivity index (χ1) is 25.9. The Labute approximate surface area is 329 Å². The lowest BCUT2D eigenvalue weighted by molar-refractivity contribution is -0.167. The number of carbonyl (C=O) groups is 3. The molecular formula is C47H90O6. The zero-order chi connectivity index (χ0) is 38.9. The fourth-order valence-corrected chi connectivity index (χ4v) is 6.98. The Bertz CT molecular complexity index is 796. The average molecular weight is 751 g/mol. The number of carbonyl (C=O) groups excluding carboxylic acids is 3. The molecular weight excluding hydrogens is 661 g/mol. The standard InChI is InChI=1S/C47H90O6/c1-5-7-9-11-13-15-17-18-19-23-26-30-34-38-45(48)51-41-44(53-47(50)40-36-32-28-22-16-14-12-10-8-6-2)42-52-46(49)39-35-31-27-24-20-21-25-29-33-37-43(3)4/h43-44H,5-42H2,1-4H3/t44-/m1/s1. The number of hydrogen-bond donors (Lipinski definition) is 0. The molecule has 0 heterocycles. The van der Waals surface area contributed by atoms with Crippen LogP contribution >= 0.6 is 0 Å². The second kappa shape index (κ2) is 41.6. The number of ether oxygens (including phenoxy) is 3. The Morgan fingerprint density at radius 1 is 0.358 bits per heavy atom. The van der Waals surface area contributed by atoms with Crippen molar-refractivity contribution in [2.75, 3.05) is 13.2 Å². The van der Waals surface area contributed by atoms with E-state index in [2.05, 4.69) is 27.7 Å². The molecule has 0 unspecified atom stereocenters. The van der Waals surface area contributed by atoms with Crippen molar-refractivity contribution in [3.63, 3.8) is 0 Å². The molecule has 0 aliphatic carbocycles. The third-order valence-corrected chi connectivity index (χ3v) is 10.5. The lowest BCUT2D eigenvalue weighted by atomic mass is 10.0. The Kier molecular flexibility index (Phi) is 40.3. The van der Waals surface area contributed by atoms with E-state index in [1.54, 1.807) is 0 Å². The maximum absolute atomic E-state index is 12.7. The van der Waals surface area contributed by atoms with Crippen LogP contribution in [0.5, 0.6) is 0 Å². The van der Waals surface area contributed by atoms with E-state index in [1.165, 1.54) is 154 Å². The Balaban J connectivity index is 4.31. The van der Waals surface area contributed by atoms with E-state index < -0.39 is 6.10 Å². The van der Waals surface area contributed by atoms with Crippen LogP contribution in [0.3, 0.4) is 0 Å². The van der Waals surface area contributed by atoms with Gasteiger partial charge in [0.15, 0.2) is 6.10 Å². The Hall–Kier alpha value is -1.59. The van der Waals surface area contributed by atoms with Crippen LogP contribution in [0.25, 0.3) is 0 Å². The predicted octanol–water partition coefficient (Wildman–Crippen LogP) is 14.7. The summed E-state index contributed by atoms with van der Waals surface area (Å²) in [6.07, 6.45) is 40.8. The van der Waals surface area contributed by atoms with Crippen LogP contribution in [-0.4, -0.2) is 37.2 Å². The molecule has 0 aromatic rings. The quantitative estimate of drug-likeness (QED) is 0.0351. The van der Waals surface area contributed by atoms with E-state index >= 15 is 0 Å². The highest BCUT2D eigenvalue weighted by atomic mass is 16.6. The highest BCUT2D eigenvalue weighted by Crippen LogP contribution is 2.16. The highest BCUT2D eigenvalue weighted by Gasteiger charge is 2.19. The molecule has 0 N–H and O–H groups in total. The topological polar surface area (TPSA) is 78.9 Å². The van der Waals surface area contributed by atoms with Crippen molar-refractivity contribution in [3.05, 3.63) is 0 Å². The van der Waals surface area contributed by atoms with Crippen molar-refractivity contribution in [2.24, 2.45) is 5.92 Å². The summed E-state index contributed by atoms with van der Waals surface area (Å²) in [6.45, 7) is 8.97.